The zero-order valence-corrected chi connectivity index (χ0v) is 13.3. The monoisotopic (exact) mass is 321 g/mol. The van der Waals surface area contributed by atoms with Crippen LogP contribution in [0.4, 0.5) is 0 Å². The van der Waals surface area contributed by atoms with E-state index in [2.05, 4.69) is 5.32 Å². The maximum absolute atomic E-state index is 12.3. The molecule has 0 bridgehead atoms. The van der Waals surface area contributed by atoms with Gasteiger partial charge in [0.15, 0.2) is 0 Å². The van der Waals surface area contributed by atoms with Crippen molar-refractivity contribution in [3.05, 3.63) is 70.2 Å². The third-order valence-electron chi connectivity index (χ3n) is 3.27. The summed E-state index contributed by atoms with van der Waals surface area (Å²) in [6, 6.07) is 15.1. The topological polar surface area (TPSA) is 29.1 Å². The van der Waals surface area contributed by atoms with Gasteiger partial charge in [0.2, 0.25) is 0 Å². The van der Waals surface area contributed by atoms with Gasteiger partial charge in [0.1, 0.15) is 0 Å². The molecule has 0 spiro atoms. The molecule has 1 amide bonds. The zero-order chi connectivity index (χ0) is 15.2. The summed E-state index contributed by atoms with van der Waals surface area (Å²) >= 11 is 11.9. The van der Waals surface area contributed by atoms with E-state index in [0.717, 1.165) is 11.1 Å². The van der Waals surface area contributed by atoms with E-state index < -0.39 is 0 Å². The van der Waals surface area contributed by atoms with Gasteiger partial charge >= 0.3 is 0 Å². The lowest BCUT2D eigenvalue weighted by molar-refractivity contribution is 0.0940. The molecule has 21 heavy (non-hydrogen) atoms. The highest BCUT2D eigenvalue weighted by Gasteiger charge is 2.14. The van der Waals surface area contributed by atoms with Crippen molar-refractivity contribution in [2.45, 2.75) is 19.4 Å². The van der Waals surface area contributed by atoms with Crippen molar-refractivity contribution >= 4 is 29.1 Å². The van der Waals surface area contributed by atoms with E-state index in [4.69, 9.17) is 23.2 Å². The molecule has 2 nitrogen and oxygen atoms in total. The van der Waals surface area contributed by atoms with E-state index >= 15 is 0 Å². The van der Waals surface area contributed by atoms with E-state index in [1.54, 1.807) is 18.2 Å². The van der Waals surface area contributed by atoms with Crippen LogP contribution in [-0.2, 0) is 6.42 Å². The molecule has 0 radical (unpaired) electrons. The molecule has 2 aromatic rings. The predicted octanol–water partition coefficient (Wildman–Crippen LogP) is 4.23. The molecule has 0 aromatic heterocycles. The van der Waals surface area contributed by atoms with Gasteiger partial charge in [-0.15, -0.1) is 11.6 Å². The Balaban J connectivity index is 2.04. The number of halogens is 2. The minimum Gasteiger partial charge on any atom is -0.348 e. The molecule has 1 atom stereocenters. The first-order valence-electron chi connectivity index (χ1n) is 6.77. The zero-order valence-electron chi connectivity index (χ0n) is 11.8. The Bertz CT molecular complexity index is 613. The maximum atomic E-state index is 12.3. The second-order valence-electron chi connectivity index (χ2n) is 4.98. The van der Waals surface area contributed by atoms with E-state index in [1.165, 1.54) is 0 Å². The van der Waals surface area contributed by atoms with Crippen LogP contribution in [0.5, 0.6) is 0 Å². The van der Waals surface area contributed by atoms with Crippen molar-refractivity contribution in [2.75, 3.05) is 5.88 Å². The minimum atomic E-state index is -0.128. The van der Waals surface area contributed by atoms with Crippen LogP contribution in [0.3, 0.4) is 0 Å². The summed E-state index contributed by atoms with van der Waals surface area (Å²) in [5, 5.41) is 3.62. The number of hydrogen-bond donors (Lipinski definition) is 1. The molecule has 0 aliphatic heterocycles. The molecule has 2 aromatic carbocycles. The van der Waals surface area contributed by atoms with Gasteiger partial charge in [-0.25, -0.2) is 0 Å². The molecule has 0 fully saturated rings. The van der Waals surface area contributed by atoms with Gasteiger partial charge in [0, 0.05) is 22.5 Å². The summed E-state index contributed by atoms with van der Waals surface area (Å²) in [5.41, 5.74) is 2.63. The summed E-state index contributed by atoms with van der Waals surface area (Å²) in [6.07, 6.45) is 0.711. The number of nitrogens with one attached hydrogen (secondary N) is 1. The lowest BCUT2D eigenvalue weighted by atomic mass is 10.1. The fourth-order valence-corrected chi connectivity index (χ4v) is 2.40. The Hall–Kier alpha value is -1.51. The third-order valence-corrected chi connectivity index (χ3v) is 4.06. The quantitative estimate of drug-likeness (QED) is 0.820. The highest BCUT2D eigenvalue weighted by Crippen LogP contribution is 2.16. The van der Waals surface area contributed by atoms with Crippen LogP contribution in [0.15, 0.2) is 48.5 Å². The molecule has 1 unspecified atom stereocenters. The second kappa shape index (κ2) is 7.48. The molecule has 0 saturated heterocycles. The molecule has 4 heteroatoms. The Morgan fingerprint density at radius 1 is 1.19 bits per heavy atom. The smallest absolute Gasteiger partial charge is 0.251 e. The first-order chi connectivity index (χ1) is 10.1. The molecule has 110 valence electrons. The third kappa shape index (κ3) is 4.48. The summed E-state index contributed by atoms with van der Waals surface area (Å²) in [7, 11) is 0. The van der Waals surface area contributed by atoms with Crippen molar-refractivity contribution in [3.8, 4) is 0 Å². The first kappa shape index (κ1) is 15.9. The van der Waals surface area contributed by atoms with Crippen molar-refractivity contribution < 1.29 is 4.79 Å². The predicted molar refractivity (Wildman–Crippen MR) is 88.3 cm³/mol. The Morgan fingerprint density at radius 2 is 1.90 bits per heavy atom. The highest BCUT2D eigenvalue weighted by molar-refractivity contribution is 6.31. The van der Waals surface area contributed by atoms with E-state index in [9.17, 15) is 4.79 Å². The lowest BCUT2D eigenvalue weighted by Gasteiger charge is -2.16. The number of amides is 1. The van der Waals surface area contributed by atoms with Crippen molar-refractivity contribution in [2.24, 2.45) is 0 Å². The van der Waals surface area contributed by atoms with Crippen LogP contribution < -0.4 is 5.32 Å². The van der Waals surface area contributed by atoms with Crippen molar-refractivity contribution in [1.29, 1.82) is 0 Å². The second-order valence-corrected chi connectivity index (χ2v) is 5.69. The summed E-state index contributed by atoms with van der Waals surface area (Å²) in [5.74, 6) is 0.240. The number of alkyl halides is 1. The summed E-state index contributed by atoms with van der Waals surface area (Å²) in [6.45, 7) is 1.88. The van der Waals surface area contributed by atoms with Crippen LogP contribution in [0.1, 0.15) is 21.5 Å². The lowest BCUT2D eigenvalue weighted by Crippen LogP contribution is -2.37. The minimum absolute atomic E-state index is 0.0995. The van der Waals surface area contributed by atoms with Gasteiger partial charge in [-0.1, -0.05) is 41.9 Å². The van der Waals surface area contributed by atoms with Gasteiger partial charge in [-0.3, -0.25) is 4.79 Å². The highest BCUT2D eigenvalue weighted by atomic mass is 35.5. The van der Waals surface area contributed by atoms with Crippen LogP contribution in [0, 0.1) is 6.92 Å². The Labute approximate surface area is 135 Å². The van der Waals surface area contributed by atoms with Gasteiger partial charge in [0.05, 0.1) is 0 Å². The number of carbonyl (C=O) groups is 1. The first-order valence-corrected chi connectivity index (χ1v) is 7.68. The van der Waals surface area contributed by atoms with Gasteiger partial charge in [-0.2, -0.15) is 0 Å². The van der Waals surface area contributed by atoms with Crippen molar-refractivity contribution in [3.63, 3.8) is 0 Å². The van der Waals surface area contributed by atoms with Crippen molar-refractivity contribution in [1.82, 2.24) is 5.32 Å². The number of carbonyl (C=O) groups excluding carboxylic acids is 1. The van der Waals surface area contributed by atoms with Crippen LogP contribution in [-0.4, -0.2) is 17.8 Å². The summed E-state index contributed by atoms with van der Waals surface area (Å²) in [4.78, 5) is 12.3. The Kier molecular flexibility index (Phi) is 5.66. The fraction of sp³-hybridized carbons (Fsp3) is 0.235. The molecular formula is C17H17Cl2NO. The molecule has 2 rings (SSSR count). The largest absolute Gasteiger partial charge is 0.348 e. The number of aryl methyl sites for hydroxylation is 1. The van der Waals surface area contributed by atoms with E-state index in [1.807, 2.05) is 37.3 Å². The molecular weight excluding hydrogens is 305 g/mol. The molecule has 0 saturated carbocycles. The number of rotatable bonds is 5. The normalized spacial score (nSPS) is 12.0. The SMILES string of the molecule is Cc1cc(C(=O)NC(CCl)Cc2ccccc2)ccc1Cl. The summed E-state index contributed by atoms with van der Waals surface area (Å²) < 4.78 is 0. The van der Waals surface area contributed by atoms with Crippen LogP contribution in [0.25, 0.3) is 0 Å². The van der Waals surface area contributed by atoms with E-state index in [-0.39, 0.29) is 11.9 Å². The van der Waals surface area contributed by atoms with E-state index in [0.29, 0.717) is 22.9 Å². The maximum Gasteiger partial charge on any atom is 0.251 e. The van der Waals surface area contributed by atoms with Crippen LogP contribution in [0.2, 0.25) is 5.02 Å². The molecule has 0 aliphatic carbocycles. The van der Waals surface area contributed by atoms with Gasteiger partial charge in [0.25, 0.3) is 5.91 Å². The average molecular weight is 322 g/mol. The number of hydrogen-bond acceptors (Lipinski definition) is 1. The van der Waals surface area contributed by atoms with Crippen LogP contribution >= 0.6 is 23.2 Å². The van der Waals surface area contributed by atoms with Gasteiger partial charge < -0.3 is 5.32 Å². The average Bonchev–Trinajstić information content (AvgIpc) is 2.50. The molecule has 0 aliphatic rings. The molecule has 0 heterocycles. The standard InChI is InChI=1S/C17H17Cl2NO/c1-12-9-14(7-8-16(12)19)17(21)20-15(11-18)10-13-5-3-2-4-6-13/h2-9,15H,10-11H2,1H3,(H,20,21). The fourth-order valence-electron chi connectivity index (χ4n) is 2.10. The Morgan fingerprint density at radius 3 is 2.52 bits per heavy atom. The number of benzene rings is 2. The van der Waals surface area contributed by atoms with Gasteiger partial charge in [-0.05, 0) is 42.7 Å². The molecule has 1 N–H and O–H groups in total.